The molecule has 0 unspecified atom stereocenters. The highest BCUT2D eigenvalue weighted by molar-refractivity contribution is 7.98. The number of thioether (sulfide) groups is 1. The smallest absolute Gasteiger partial charge is 0.423 e. The summed E-state index contributed by atoms with van der Waals surface area (Å²) in [5.74, 6) is 1.18. The topological polar surface area (TPSA) is 79.4 Å². The van der Waals surface area contributed by atoms with Crippen molar-refractivity contribution in [3.63, 3.8) is 0 Å². The highest BCUT2D eigenvalue weighted by Crippen LogP contribution is 2.20. The molecule has 1 aromatic carbocycles. The van der Waals surface area contributed by atoms with Crippen molar-refractivity contribution in [3.8, 4) is 0 Å². The highest BCUT2D eigenvalue weighted by Gasteiger charge is 2.11. The summed E-state index contributed by atoms with van der Waals surface area (Å²) in [5, 5.41) is 26.2. The molecule has 5 nitrogen and oxygen atoms in total. The lowest BCUT2D eigenvalue weighted by molar-refractivity contribution is 0.425. The van der Waals surface area contributed by atoms with Gasteiger partial charge in [-0.25, -0.2) is 0 Å². The van der Waals surface area contributed by atoms with Crippen LogP contribution in [0.15, 0.2) is 33.9 Å². The third kappa shape index (κ3) is 3.32. The molecular weight excluding hydrogens is 239 g/mol. The van der Waals surface area contributed by atoms with E-state index in [0.717, 1.165) is 5.56 Å². The summed E-state index contributed by atoms with van der Waals surface area (Å²) in [6.07, 6.45) is 0. The second kappa shape index (κ2) is 5.35. The fourth-order valence-electron chi connectivity index (χ4n) is 1.33. The molecule has 7 heteroatoms. The van der Waals surface area contributed by atoms with Gasteiger partial charge in [-0.1, -0.05) is 36.0 Å². The van der Waals surface area contributed by atoms with Crippen molar-refractivity contribution in [2.45, 2.75) is 17.9 Å². The van der Waals surface area contributed by atoms with Crippen LogP contribution in [-0.2, 0) is 5.75 Å². The molecule has 2 aromatic rings. The van der Waals surface area contributed by atoms with E-state index in [9.17, 15) is 0 Å². The molecule has 1 heterocycles. The van der Waals surface area contributed by atoms with Gasteiger partial charge in [-0.3, -0.25) is 0 Å². The van der Waals surface area contributed by atoms with E-state index in [1.165, 1.54) is 11.8 Å². The summed E-state index contributed by atoms with van der Waals surface area (Å²) >= 11 is 1.41. The van der Waals surface area contributed by atoms with Gasteiger partial charge in [0.1, 0.15) is 0 Å². The molecule has 88 valence electrons. The summed E-state index contributed by atoms with van der Waals surface area (Å²) in [6.45, 7) is 1.74. The van der Waals surface area contributed by atoms with E-state index >= 15 is 0 Å². The molecule has 0 atom stereocenters. The first-order chi connectivity index (χ1) is 8.15. The van der Waals surface area contributed by atoms with Gasteiger partial charge in [0.2, 0.25) is 5.89 Å². The SMILES string of the molecule is Cc1nnc(SCc2cccc(B(O)O)c2)o1. The van der Waals surface area contributed by atoms with Gasteiger partial charge >= 0.3 is 7.12 Å². The van der Waals surface area contributed by atoms with Gasteiger partial charge < -0.3 is 14.5 Å². The van der Waals surface area contributed by atoms with E-state index in [2.05, 4.69) is 10.2 Å². The molecule has 1 aromatic heterocycles. The Bertz CT molecular complexity index is 504. The van der Waals surface area contributed by atoms with Crippen molar-refractivity contribution in [2.75, 3.05) is 0 Å². The first-order valence-corrected chi connectivity index (χ1v) is 6.01. The maximum absolute atomic E-state index is 9.04. The Hall–Kier alpha value is -1.31. The molecule has 0 bridgehead atoms. The van der Waals surface area contributed by atoms with Gasteiger partial charge in [-0.2, -0.15) is 0 Å². The van der Waals surface area contributed by atoms with Crippen molar-refractivity contribution in [2.24, 2.45) is 0 Å². The zero-order chi connectivity index (χ0) is 12.3. The van der Waals surface area contributed by atoms with Crippen LogP contribution >= 0.6 is 11.8 Å². The summed E-state index contributed by atoms with van der Waals surface area (Å²) in [6, 6.07) is 7.09. The molecular formula is C10H11BN2O3S. The van der Waals surface area contributed by atoms with Crippen LogP contribution in [0.1, 0.15) is 11.5 Å². The Labute approximate surface area is 103 Å². The number of benzene rings is 1. The van der Waals surface area contributed by atoms with Crippen molar-refractivity contribution in [1.82, 2.24) is 10.2 Å². The van der Waals surface area contributed by atoms with Crippen molar-refractivity contribution in [1.29, 1.82) is 0 Å². The maximum Gasteiger partial charge on any atom is 0.488 e. The summed E-state index contributed by atoms with van der Waals surface area (Å²) in [4.78, 5) is 0. The van der Waals surface area contributed by atoms with E-state index < -0.39 is 7.12 Å². The average molecular weight is 250 g/mol. The molecule has 17 heavy (non-hydrogen) atoms. The lowest BCUT2D eigenvalue weighted by Crippen LogP contribution is -2.29. The predicted octanol–water partition coefficient (Wildman–Crippen LogP) is 0.350. The lowest BCUT2D eigenvalue weighted by Gasteiger charge is -2.02. The van der Waals surface area contributed by atoms with Crippen LogP contribution in [0, 0.1) is 6.92 Å². The van der Waals surface area contributed by atoms with E-state index in [1.807, 2.05) is 6.07 Å². The van der Waals surface area contributed by atoms with Crippen molar-refractivity contribution in [3.05, 3.63) is 35.7 Å². The minimum Gasteiger partial charge on any atom is -0.423 e. The Morgan fingerprint density at radius 2 is 2.18 bits per heavy atom. The van der Waals surface area contributed by atoms with Gasteiger partial charge in [0, 0.05) is 12.7 Å². The highest BCUT2D eigenvalue weighted by atomic mass is 32.2. The largest absolute Gasteiger partial charge is 0.488 e. The van der Waals surface area contributed by atoms with E-state index in [-0.39, 0.29) is 0 Å². The molecule has 0 amide bonds. The second-order valence-corrected chi connectivity index (χ2v) is 4.42. The predicted molar refractivity (Wildman–Crippen MR) is 64.9 cm³/mol. The Balaban J connectivity index is 2.01. The molecule has 0 radical (unpaired) electrons. The molecule has 0 aliphatic carbocycles. The third-order valence-electron chi connectivity index (χ3n) is 2.12. The third-order valence-corrected chi connectivity index (χ3v) is 3.01. The summed E-state index contributed by atoms with van der Waals surface area (Å²) in [7, 11) is -1.44. The average Bonchev–Trinajstić information content (AvgIpc) is 2.73. The normalized spacial score (nSPS) is 10.5. The quantitative estimate of drug-likeness (QED) is 0.602. The van der Waals surface area contributed by atoms with Crippen LogP contribution in [0.2, 0.25) is 0 Å². The molecule has 0 spiro atoms. The second-order valence-electron chi connectivity index (χ2n) is 3.49. The van der Waals surface area contributed by atoms with Crippen molar-refractivity contribution < 1.29 is 14.5 Å². The minimum atomic E-state index is -1.44. The van der Waals surface area contributed by atoms with E-state index in [4.69, 9.17) is 14.5 Å². The first-order valence-electron chi connectivity index (χ1n) is 5.03. The molecule has 0 fully saturated rings. The summed E-state index contributed by atoms with van der Waals surface area (Å²) < 4.78 is 5.22. The molecule has 0 aliphatic heterocycles. The van der Waals surface area contributed by atoms with Gasteiger partial charge in [0.25, 0.3) is 5.22 Å². The Kier molecular flexibility index (Phi) is 3.83. The number of aryl methyl sites for hydroxylation is 1. The fourth-order valence-corrected chi connectivity index (χ4v) is 2.07. The fraction of sp³-hybridized carbons (Fsp3) is 0.200. The number of hydrogen-bond donors (Lipinski definition) is 2. The van der Waals surface area contributed by atoms with Crippen LogP contribution in [-0.4, -0.2) is 27.4 Å². The molecule has 0 saturated heterocycles. The first kappa shape index (κ1) is 12.2. The van der Waals surface area contributed by atoms with Crippen LogP contribution in [0.25, 0.3) is 0 Å². The summed E-state index contributed by atoms with van der Waals surface area (Å²) in [5.41, 5.74) is 1.45. The van der Waals surface area contributed by atoms with Crippen LogP contribution in [0.4, 0.5) is 0 Å². The lowest BCUT2D eigenvalue weighted by atomic mass is 9.80. The number of rotatable bonds is 4. The molecule has 0 aliphatic rings. The standard InChI is InChI=1S/C10H11BN2O3S/c1-7-12-13-10(16-7)17-6-8-3-2-4-9(5-8)11(14)15/h2-5,14-15H,6H2,1H3. The molecule has 2 N–H and O–H groups in total. The van der Waals surface area contributed by atoms with E-state index in [1.54, 1.807) is 25.1 Å². The minimum absolute atomic E-state index is 0.477. The van der Waals surface area contributed by atoms with Gasteiger partial charge in [-0.15, -0.1) is 10.2 Å². The number of nitrogens with zero attached hydrogens (tertiary/aromatic N) is 2. The van der Waals surface area contributed by atoms with Crippen LogP contribution in [0.3, 0.4) is 0 Å². The Morgan fingerprint density at radius 1 is 1.35 bits per heavy atom. The van der Waals surface area contributed by atoms with Gasteiger partial charge in [-0.05, 0) is 11.0 Å². The monoisotopic (exact) mass is 250 g/mol. The van der Waals surface area contributed by atoms with E-state index in [0.29, 0.717) is 22.3 Å². The number of hydrogen-bond acceptors (Lipinski definition) is 6. The zero-order valence-corrected chi connectivity index (χ0v) is 10.0. The zero-order valence-electron chi connectivity index (χ0n) is 9.20. The number of aromatic nitrogens is 2. The van der Waals surface area contributed by atoms with Gasteiger partial charge in [0.05, 0.1) is 0 Å². The van der Waals surface area contributed by atoms with Crippen LogP contribution < -0.4 is 5.46 Å². The van der Waals surface area contributed by atoms with Crippen molar-refractivity contribution >= 4 is 24.3 Å². The molecule has 2 rings (SSSR count). The molecule has 0 saturated carbocycles. The Morgan fingerprint density at radius 3 is 2.82 bits per heavy atom. The maximum atomic E-state index is 9.04. The van der Waals surface area contributed by atoms with Gasteiger partial charge in [0.15, 0.2) is 0 Å². The van der Waals surface area contributed by atoms with Crippen LogP contribution in [0.5, 0.6) is 0 Å².